The molecule has 0 aliphatic carbocycles. The van der Waals surface area contributed by atoms with Gasteiger partial charge in [0.1, 0.15) is 5.75 Å². The smallest absolute Gasteiger partial charge is 0.224 e. The second-order valence-electron chi connectivity index (χ2n) is 5.43. The van der Waals surface area contributed by atoms with E-state index in [1.165, 1.54) is 0 Å². The molecule has 1 heterocycles. The number of piperidine rings is 1. The summed E-state index contributed by atoms with van der Waals surface area (Å²) in [6.07, 6.45) is 3.59. The van der Waals surface area contributed by atoms with Crippen LogP contribution in [0.2, 0.25) is 5.02 Å². The second-order valence-corrected chi connectivity index (χ2v) is 5.87. The topological polar surface area (TPSA) is 50.4 Å². The minimum Gasteiger partial charge on any atom is -0.491 e. The predicted octanol–water partition coefficient (Wildman–Crippen LogP) is 3.88. The van der Waals surface area contributed by atoms with Crippen LogP contribution in [0.5, 0.6) is 5.75 Å². The maximum Gasteiger partial charge on any atom is 0.224 e. The molecular formula is C16H24Cl2N2O2. The summed E-state index contributed by atoms with van der Waals surface area (Å²) in [5.74, 6) is 1.18. The molecule has 1 fully saturated rings. The summed E-state index contributed by atoms with van der Waals surface area (Å²) in [5, 5.41) is 6.84. The molecule has 1 saturated heterocycles. The Balaban J connectivity index is 0.00000242. The summed E-state index contributed by atoms with van der Waals surface area (Å²) in [5.41, 5.74) is 0.662. The number of benzene rings is 1. The van der Waals surface area contributed by atoms with Gasteiger partial charge in [0.2, 0.25) is 5.91 Å². The minimum absolute atomic E-state index is 0. The number of amides is 1. The lowest BCUT2D eigenvalue weighted by atomic mass is 9.94. The molecule has 1 aliphatic rings. The lowest BCUT2D eigenvalue weighted by molar-refractivity contribution is -0.117. The van der Waals surface area contributed by atoms with E-state index in [9.17, 15) is 4.79 Å². The van der Waals surface area contributed by atoms with E-state index in [2.05, 4.69) is 10.6 Å². The molecule has 1 aliphatic heterocycles. The molecule has 0 aromatic heterocycles. The molecule has 1 amide bonds. The Morgan fingerprint density at radius 3 is 2.82 bits per heavy atom. The zero-order valence-corrected chi connectivity index (χ0v) is 14.4. The number of rotatable bonds is 6. The number of hydrogen-bond acceptors (Lipinski definition) is 3. The SMILES string of the molecule is CCCOc1ccc(Cl)cc1NC(=O)CC1CCNCC1.Cl. The lowest BCUT2D eigenvalue weighted by Gasteiger charge is -2.22. The van der Waals surface area contributed by atoms with Gasteiger partial charge in [0.05, 0.1) is 12.3 Å². The van der Waals surface area contributed by atoms with Crippen molar-refractivity contribution in [3.8, 4) is 5.75 Å². The van der Waals surface area contributed by atoms with Gasteiger partial charge in [0, 0.05) is 11.4 Å². The van der Waals surface area contributed by atoms with Crippen LogP contribution >= 0.6 is 24.0 Å². The molecule has 6 heteroatoms. The first kappa shape index (κ1) is 19.1. The number of halogens is 2. The van der Waals surface area contributed by atoms with Crippen molar-refractivity contribution in [2.24, 2.45) is 5.92 Å². The standard InChI is InChI=1S/C16H23ClN2O2.ClH/c1-2-9-21-15-4-3-13(17)11-14(15)19-16(20)10-12-5-7-18-8-6-12;/h3-4,11-12,18H,2,5-10H2,1H3,(H,19,20);1H. The average molecular weight is 347 g/mol. The second kappa shape index (κ2) is 9.93. The van der Waals surface area contributed by atoms with Crippen molar-refractivity contribution in [1.82, 2.24) is 5.32 Å². The van der Waals surface area contributed by atoms with Gasteiger partial charge in [-0.3, -0.25) is 4.79 Å². The zero-order chi connectivity index (χ0) is 15.1. The quantitative estimate of drug-likeness (QED) is 0.821. The number of carbonyl (C=O) groups excluding carboxylic acids is 1. The third kappa shape index (κ3) is 6.03. The first-order chi connectivity index (χ1) is 10.2. The van der Waals surface area contributed by atoms with Gasteiger partial charge in [-0.05, 0) is 56.5 Å². The van der Waals surface area contributed by atoms with Crippen molar-refractivity contribution in [3.05, 3.63) is 23.2 Å². The maximum atomic E-state index is 12.2. The van der Waals surface area contributed by atoms with Crippen molar-refractivity contribution in [3.63, 3.8) is 0 Å². The van der Waals surface area contributed by atoms with Gasteiger partial charge in [-0.1, -0.05) is 18.5 Å². The molecule has 124 valence electrons. The van der Waals surface area contributed by atoms with E-state index in [1.807, 2.05) is 6.92 Å². The highest BCUT2D eigenvalue weighted by Gasteiger charge is 2.17. The Kier molecular flexibility index (Phi) is 8.61. The Morgan fingerprint density at radius 1 is 1.41 bits per heavy atom. The van der Waals surface area contributed by atoms with Gasteiger partial charge in [-0.25, -0.2) is 0 Å². The van der Waals surface area contributed by atoms with Crippen molar-refractivity contribution in [1.29, 1.82) is 0 Å². The first-order valence-electron chi connectivity index (χ1n) is 7.62. The van der Waals surface area contributed by atoms with Crippen LogP contribution in [0.15, 0.2) is 18.2 Å². The summed E-state index contributed by atoms with van der Waals surface area (Å²) < 4.78 is 5.65. The molecule has 0 radical (unpaired) electrons. The monoisotopic (exact) mass is 346 g/mol. The van der Waals surface area contributed by atoms with Gasteiger partial charge >= 0.3 is 0 Å². The van der Waals surface area contributed by atoms with E-state index < -0.39 is 0 Å². The molecule has 1 aromatic rings. The molecule has 2 N–H and O–H groups in total. The van der Waals surface area contributed by atoms with Crippen LogP contribution in [-0.2, 0) is 4.79 Å². The molecule has 0 saturated carbocycles. The van der Waals surface area contributed by atoms with Crippen LogP contribution in [0.4, 0.5) is 5.69 Å². The van der Waals surface area contributed by atoms with Gasteiger partial charge < -0.3 is 15.4 Å². The highest BCUT2D eigenvalue weighted by atomic mass is 35.5. The third-order valence-electron chi connectivity index (χ3n) is 3.61. The Morgan fingerprint density at radius 2 is 2.14 bits per heavy atom. The largest absolute Gasteiger partial charge is 0.491 e. The van der Waals surface area contributed by atoms with E-state index in [1.54, 1.807) is 18.2 Å². The normalized spacial score (nSPS) is 15.0. The molecular weight excluding hydrogens is 323 g/mol. The van der Waals surface area contributed by atoms with Crippen LogP contribution in [0.3, 0.4) is 0 Å². The average Bonchev–Trinajstić information content (AvgIpc) is 2.47. The zero-order valence-electron chi connectivity index (χ0n) is 12.9. The van der Waals surface area contributed by atoms with Crippen LogP contribution in [0.25, 0.3) is 0 Å². The fraction of sp³-hybridized carbons (Fsp3) is 0.562. The molecule has 0 bridgehead atoms. The van der Waals surface area contributed by atoms with E-state index in [0.29, 0.717) is 35.4 Å². The van der Waals surface area contributed by atoms with Crippen molar-refractivity contribution in [2.45, 2.75) is 32.6 Å². The van der Waals surface area contributed by atoms with Crippen molar-refractivity contribution >= 4 is 35.6 Å². The summed E-state index contributed by atoms with van der Waals surface area (Å²) in [6, 6.07) is 5.32. The fourth-order valence-corrected chi connectivity index (χ4v) is 2.66. The Bertz CT molecular complexity index is 477. The summed E-state index contributed by atoms with van der Waals surface area (Å²) in [7, 11) is 0. The van der Waals surface area contributed by atoms with E-state index in [-0.39, 0.29) is 18.3 Å². The maximum absolute atomic E-state index is 12.2. The number of hydrogen-bond donors (Lipinski definition) is 2. The van der Waals surface area contributed by atoms with Crippen molar-refractivity contribution in [2.75, 3.05) is 25.0 Å². The number of anilines is 1. The highest BCUT2D eigenvalue weighted by molar-refractivity contribution is 6.31. The van der Waals surface area contributed by atoms with Crippen LogP contribution in [0.1, 0.15) is 32.6 Å². The highest BCUT2D eigenvalue weighted by Crippen LogP contribution is 2.29. The number of nitrogens with one attached hydrogen (secondary N) is 2. The van der Waals surface area contributed by atoms with Crippen molar-refractivity contribution < 1.29 is 9.53 Å². The van der Waals surface area contributed by atoms with Gasteiger partial charge in [-0.15, -0.1) is 12.4 Å². The summed E-state index contributed by atoms with van der Waals surface area (Å²) >= 11 is 6.01. The Labute approximate surface area is 143 Å². The third-order valence-corrected chi connectivity index (χ3v) is 3.85. The number of carbonyl (C=O) groups is 1. The van der Waals surface area contributed by atoms with Gasteiger partial charge in [0.25, 0.3) is 0 Å². The van der Waals surface area contributed by atoms with E-state index in [0.717, 1.165) is 32.4 Å². The van der Waals surface area contributed by atoms with Gasteiger partial charge in [-0.2, -0.15) is 0 Å². The molecule has 0 spiro atoms. The fourth-order valence-electron chi connectivity index (χ4n) is 2.49. The molecule has 1 aromatic carbocycles. The first-order valence-corrected chi connectivity index (χ1v) is 7.99. The van der Waals surface area contributed by atoms with Crippen LogP contribution < -0.4 is 15.4 Å². The van der Waals surface area contributed by atoms with Crippen LogP contribution in [0, 0.1) is 5.92 Å². The predicted molar refractivity (Wildman–Crippen MR) is 93.3 cm³/mol. The van der Waals surface area contributed by atoms with E-state index in [4.69, 9.17) is 16.3 Å². The lowest BCUT2D eigenvalue weighted by Crippen LogP contribution is -2.30. The van der Waals surface area contributed by atoms with Crippen LogP contribution in [-0.4, -0.2) is 25.6 Å². The summed E-state index contributed by atoms with van der Waals surface area (Å²) in [4.78, 5) is 12.2. The van der Waals surface area contributed by atoms with Gasteiger partial charge in [0.15, 0.2) is 0 Å². The van der Waals surface area contributed by atoms with E-state index >= 15 is 0 Å². The minimum atomic E-state index is 0. The number of ether oxygens (including phenoxy) is 1. The Hall–Kier alpha value is -0.970. The molecule has 2 rings (SSSR count). The molecule has 0 atom stereocenters. The summed E-state index contributed by atoms with van der Waals surface area (Å²) in [6.45, 7) is 4.67. The molecule has 22 heavy (non-hydrogen) atoms. The molecule has 4 nitrogen and oxygen atoms in total. The molecule has 0 unspecified atom stereocenters.